The highest BCUT2D eigenvalue weighted by atomic mass is 15.2. The lowest BCUT2D eigenvalue weighted by Crippen LogP contribution is -2.22. The molecule has 2 heterocycles. The molecular weight excluding hydrogens is 200 g/mol. The third-order valence-electron chi connectivity index (χ3n) is 3.22. The van der Waals surface area contributed by atoms with Crippen LogP contribution in [0.4, 0.5) is 5.82 Å². The van der Waals surface area contributed by atoms with Crippen LogP contribution in [0.5, 0.6) is 0 Å². The molecule has 0 amide bonds. The Kier molecular flexibility index (Phi) is 2.48. The van der Waals surface area contributed by atoms with Crippen LogP contribution >= 0.6 is 0 Å². The van der Waals surface area contributed by atoms with Gasteiger partial charge in [0.15, 0.2) is 5.65 Å². The molecule has 2 aromatic heterocycles. The second kappa shape index (κ2) is 4.12. The number of rotatable bonds is 2. The van der Waals surface area contributed by atoms with Crippen LogP contribution in [-0.2, 0) is 0 Å². The van der Waals surface area contributed by atoms with Gasteiger partial charge in [-0.25, -0.2) is 9.50 Å². The molecule has 1 saturated carbocycles. The second-order valence-electron chi connectivity index (χ2n) is 4.43. The summed E-state index contributed by atoms with van der Waals surface area (Å²) in [6, 6.07) is 4.52. The molecule has 3 rings (SSSR count). The highest BCUT2D eigenvalue weighted by molar-refractivity contribution is 5.45. The number of hydrogen-bond donors (Lipinski definition) is 1. The van der Waals surface area contributed by atoms with E-state index in [4.69, 9.17) is 0 Å². The predicted molar refractivity (Wildman–Crippen MR) is 63.5 cm³/mol. The van der Waals surface area contributed by atoms with E-state index in [9.17, 15) is 0 Å². The van der Waals surface area contributed by atoms with E-state index in [0.29, 0.717) is 6.04 Å². The first-order chi connectivity index (χ1) is 7.92. The number of aromatic nitrogens is 3. The van der Waals surface area contributed by atoms with Gasteiger partial charge < -0.3 is 5.32 Å². The Balaban J connectivity index is 1.77. The van der Waals surface area contributed by atoms with Gasteiger partial charge in [-0.2, -0.15) is 5.10 Å². The van der Waals surface area contributed by atoms with Gasteiger partial charge in [0.25, 0.3) is 0 Å². The Morgan fingerprint density at radius 1 is 1.19 bits per heavy atom. The Bertz CT molecular complexity index is 471. The van der Waals surface area contributed by atoms with E-state index in [1.165, 1.54) is 32.1 Å². The Morgan fingerprint density at radius 3 is 2.94 bits per heavy atom. The molecule has 0 radical (unpaired) electrons. The van der Waals surface area contributed by atoms with Crippen LogP contribution in [0.2, 0.25) is 0 Å². The zero-order valence-corrected chi connectivity index (χ0v) is 9.26. The molecule has 1 aliphatic rings. The fraction of sp³-hybridized carbons (Fsp3) is 0.500. The molecule has 1 fully saturated rings. The van der Waals surface area contributed by atoms with Crippen molar-refractivity contribution in [3.8, 4) is 0 Å². The summed E-state index contributed by atoms with van der Waals surface area (Å²) in [5.74, 6) is 0.972. The van der Waals surface area contributed by atoms with Gasteiger partial charge >= 0.3 is 0 Å². The first kappa shape index (κ1) is 9.63. The SMILES string of the molecule is c1cc2nc(NC3CCCCC3)ccn2n1. The monoisotopic (exact) mass is 216 g/mol. The van der Waals surface area contributed by atoms with Gasteiger partial charge in [0, 0.05) is 18.3 Å². The number of nitrogens with zero attached hydrogens (tertiary/aromatic N) is 3. The first-order valence-corrected chi connectivity index (χ1v) is 5.99. The van der Waals surface area contributed by atoms with Crippen LogP contribution in [-0.4, -0.2) is 20.6 Å². The molecule has 1 aliphatic carbocycles. The van der Waals surface area contributed by atoms with Crippen molar-refractivity contribution in [2.24, 2.45) is 0 Å². The summed E-state index contributed by atoms with van der Waals surface area (Å²) >= 11 is 0. The number of hydrogen-bond acceptors (Lipinski definition) is 3. The van der Waals surface area contributed by atoms with Gasteiger partial charge in [0.1, 0.15) is 5.82 Å². The fourth-order valence-corrected chi connectivity index (χ4v) is 2.35. The summed E-state index contributed by atoms with van der Waals surface area (Å²) in [5.41, 5.74) is 0.904. The van der Waals surface area contributed by atoms with Gasteiger partial charge in [-0.15, -0.1) is 0 Å². The molecule has 2 aromatic rings. The van der Waals surface area contributed by atoms with Crippen molar-refractivity contribution < 1.29 is 0 Å². The highest BCUT2D eigenvalue weighted by Gasteiger charge is 2.13. The largest absolute Gasteiger partial charge is 0.367 e. The molecule has 4 heteroatoms. The summed E-state index contributed by atoms with van der Waals surface area (Å²) in [6.45, 7) is 0. The molecule has 1 N–H and O–H groups in total. The van der Waals surface area contributed by atoms with Gasteiger partial charge in [0.2, 0.25) is 0 Å². The van der Waals surface area contributed by atoms with Crippen LogP contribution in [0.15, 0.2) is 24.5 Å². The fourth-order valence-electron chi connectivity index (χ4n) is 2.35. The maximum absolute atomic E-state index is 4.52. The van der Waals surface area contributed by atoms with Crippen molar-refractivity contribution >= 4 is 11.5 Å². The Morgan fingerprint density at radius 2 is 2.06 bits per heavy atom. The lowest BCUT2D eigenvalue weighted by molar-refractivity contribution is 0.462. The van der Waals surface area contributed by atoms with Gasteiger partial charge in [-0.1, -0.05) is 19.3 Å². The topological polar surface area (TPSA) is 42.2 Å². The summed E-state index contributed by atoms with van der Waals surface area (Å²) in [4.78, 5) is 4.52. The van der Waals surface area contributed by atoms with Crippen LogP contribution < -0.4 is 5.32 Å². The molecule has 84 valence electrons. The molecule has 0 aromatic carbocycles. The van der Waals surface area contributed by atoms with Crippen molar-refractivity contribution in [3.05, 3.63) is 24.5 Å². The summed E-state index contributed by atoms with van der Waals surface area (Å²) in [7, 11) is 0. The Hall–Kier alpha value is -1.58. The molecular formula is C12H16N4. The maximum atomic E-state index is 4.52. The summed E-state index contributed by atoms with van der Waals surface area (Å²) in [5, 5.41) is 7.64. The molecule has 0 aliphatic heterocycles. The van der Waals surface area contributed by atoms with E-state index >= 15 is 0 Å². The van der Waals surface area contributed by atoms with Crippen molar-refractivity contribution in [1.29, 1.82) is 0 Å². The van der Waals surface area contributed by atoms with E-state index in [1.807, 2.05) is 18.3 Å². The van der Waals surface area contributed by atoms with Crippen molar-refractivity contribution in [2.45, 2.75) is 38.1 Å². The van der Waals surface area contributed by atoms with E-state index in [-0.39, 0.29) is 0 Å². The van der Waals surface area contributed by atoms with Gasteiger partial charge in [-0.05, 0) is 18.9 Å². The molecule has 0 bridgehead atoms. The van der Waals surface area contributed by atoms with E-state index in [2.05, 4.69) is 15.4 Å². The molecule has 0 spiro atoms. The average Bonchev–Trinajstić information content (AvgIpc) is 2.77. The van der Waals surface area contributed by atoms with Crippen LogP contribution in [0, 0.1) is 0 Å². The number of nitrogens with one attached hydrogen (secondary N) is 1. The average molecular weight is 216 g/mol. The maximum Gasteiger partial charge on any atom is 0.157 e. The first-order valence-electron chi connectivity index (χ1n) is 5.99. The summed E-state index contributed by atoms with van der Waals surface area (Å²) in [6.07, 6.45) is 10.3. The molecule has 0 saturated heterocycles. The van der Waals surface area contributed by atoms with Crippen LogP contribution in [0.1, 0.15) is 32.1 Å². The minimum atomic E-state index is 0.603. The quantitative estimate of drug-likeness (QED) is 0.838. The van der Waals surface area contributed by atoms with Gasteiger partial charge in [0.05, 0.1) is 6.20 Å². The van der Waals surface area contributed by atoms with E-state index in [0.717, 1.165) is 11.5 Å². The second-order valence-corrected chi connectivity index (χ2v) is 4.43. The molecule has 16 heavy (non-hydrogen) atoms. The highest BCUT2D eigenvalue weighted by Crippen LogP contribution is 2.20. The predicted octanol–water partition coefficient (Wildman–Crippen LogP) is 2.47. The lowest BCUT2D eigenvalue weighted by atomic mass is 9.95. The molecule has 0 unspecified atom stereocenters. The third-order valence-corrected chi connectivity index (χ3v) is 3.22. The Labute approximate surface area is 94.7 Å². The minimum Gasteiger partial charge on any atom is -0.367 e. The lowest BCUT2D eigenvalue weighted by Gasteiger charge is -2.23. The number of fused-ring (bicyclic) bond motifs is 1. The van der Waals surface area contributed by atoms with E-state index in [1.54, 1.807) is 10.7 Å². The minimum absolute atomic E-state index is 0.603. The van der Waals surface area contributed by atoms with Gasteiger partial charge in [-0.3, -0.25) is 0 Å². The normalized spacial score (nSPS) is 17.8. The van der Waals surface area contributed by atoms with Crippen LogP contribution in [0.25, 0.3) is 5.65 Å². The van der Waals surface area contributed by atoms with Crippen molar-refractivity contribution in [1.82, 2.24) is 14.6 Å². The zero-order valence-electron chi connectivity index (χ0n) is 9.26. The smallest absolute Gasteiger partial charge is 0.157 e. The standard InChI is InChI=1S/C12H16N4/c1-2-4-10(5-3-1)14-11-7-9-16-12(15-11)6-8-13-16/h6-10H,1-5H2,(H,14,15). The number of anilines is 1. The van der Waals surface area contributed by atoms with Crippen molar-refractivity contribution in [2.75, 3.05) is 5.32 Å². The molecule has 0 atom stereocenters. The summed E-state index contributed by atoms with van der Waals surface area (Å²) < 4.78 is 1.78. The van der Waals surface area contributed by atoms with Crippen molar-refractivity contribution in [3.63, 3.8) is 0 Å². The molecule has 4 nitrogen and oxygen atoms in total. The zero-order chi connectivity index (χ0) is 10.8. The van der Waals surface area contributed by atoms with Crippen LogP contribution in [0.3, 0.4) is 0 Å². The van der Waals surface area contributed by atoms with E-state index < -0.39 is 0 Å². The third kappa shape index (κ3) is 1.87.